The predicted octanol–water partition coefficient (Wildman–Crippen LogP) is 3.47. The van der Waals surface area contributed by atoms with Crippen LogP contribution in [0.4, 0.5) is 0 Å². The minimum Gasteiger partial charge on any atom is -0.346 e. The van der Waals surface area contributed by atoms with E-state index in [1.54, 1.807) is 11.1 Å². The van der Waals surface area contributed by atoms with E-state index in [9.17, 15) is 4.79 Å². The van der Waals surface area contributed by atoms with E-state index in [2.05, 4.69) is 38.8 Å². The lowest BCUT2D eigenvalue weighted by Crippen LogP contribution is -2.29. The fourth-order valence-corrected chi connectivity index (χ4v) is 4.45. The Balaban J connectivity index is 1.36. The van der Waals surface area contributed by atoms with E-state index < -0.39 is 0 Å². The van der Waals surface area contributed by atoms with Gasteiger partial charge >= 0.3 is 0 Å². The van der Waals surface area contributed by atoms with Crippen LogP contribution in [0.25, 0.3) is 10.9 Å². The number of hydrogen-bond donors (Lipinski definition) is 0. The molecule has 2 aromatic heterocycles. The number of likely N-dealkylation sites (tertiary alicyclic amines) is 1. The molecule has 4 rings (SSSR count). The monoisotopic (exact) mass is 368 g/mol. The van der Waals surface area contributed by atoms with Crippen molar-refractivity contribution in [3.05, 3.63) is 52.6 Å². The Labute approximate surface area is 157 Å². The van der Waals surface area contributed by atoms with Gasteiger partial charge in [-0.2, -0.15) is 0 Å². The summed E-state index contributed by atoms with van der Waals surface area (Å²) in [5.41, 5.74) is 1.21. The van der Waals surface area contributed by atoms with Gasteiger partial charge in [-0.3, -0.25) is 9.69 Å². The Morgan fingerprint density at radius 2 is 2.04 bits per heavy atom. The molecule has 1 fully saturated rings. The standard InChI is InChI=1S/C20H24N4OS/c1-22(12-13-24-11-8-16-6-2-3-7-17(16)24)20(25)18-14-21-19(26-18)15-23-9-4-5-10-23/h2-3,6-8,11,14H,4-5,9-10,12-13,15H2,1H3. The van der Waals surface area contributed by atoms with Crippen LogP contribution in [0.2, 0.25) is 0 Å². The number of carbonyl (C=O) groups is 1. The van der Waals surface area contributed by atoms with Crippen LogP contribution in [-0.4, -0.2) is 51.9 Å². The molecule has 1 aromatic carbocycles. The summed E-state index contributed by atoms with van der Waals surface area (Å²) in [6.45, 7) is 4.63. The number of nitrogens with zero attached hydrogens (tertiary/aromatic N) is 4. The van der Waals surface area contributed by atoms with Gasteiger partial charge in [0.15, 0.2) is 0 Å². The summed E-state index contributed by atoms with van der Waals surface area (Å²) >= 11 is 1.53. The Hall–Kier alpha value is -2.18. The summed E-state index contributed by atoms with van der Waals surface area (Å²) in [6, 6.07) is 10.4. The zero-order valence-electron chi connectivity index (χ0n) is 15.1. The smallest absolute Gasteiger partial charge is 0.265 e. The van der Waals surface area contributed by atoms with Crippen LogP contribution in [-0.2, 0) is 13.1 Å². The highest BCUT2D eigenvalue weighted by molar-refractivity contribution is 7.13. The highest BCUT2D eigenvalue weighted by Gasteiger charge is 2.18. The molecule has 3 heterocycles. The number of fused-ring (bicyclic) bond motifs is 1. The maximum atomic E-state index is 12.7. The molecule has 0 aliphatic carbocycles. The third kappa shape index (κ3) is 3.66. The molecule has 5 nitrogen and oxygen atoms in total. The number of para-hydroxylation sites is 1. The zero-order chi connectivity index (χ0) is 17.9. The number of thiazole rings is 1. The van der Waals surface area contributed by atoms with Crippen molar-refractivity contribution in [2.24, 2.45) is 0 Å². The van der Waals surface area contributed by atoms with Crippen molar-refractivity contribution >= 4 is 28.1 Å². The van der Waals surface area contributed by atoms with Crippen molar-refractivity contribution in [2.45, 2.75) is 25.9 Å². The van der Waals surface area contributed by atoms with Crippen LogP contribution < -0.4 is 0 Å². The van der Waals surface area contributed by atoms with Crippen LogP contribution in [0.5, 0.6) is 0 Å². The minimum absolute atomic E-state index is 0.0617. The minimum atomic E-state index is 0.0617. The number of hydrogen-bond acceptors (Lipinski definition) is 4. The predicted molar refractivity (Wildman–Crippen MR) is 106 cm³/mol. The third-order valence-corrected chi connectivity index (χ3v) is 6.00. The van der Waals surface area contributed by atoms with Crippen molar-refractivity contribution in [1.82, 2.24) is 19.4 Å². The van der Waals surface area contributed by atoms with E-state index in [1.165, 1.54) is 35.1 Å². The largest absolute Gasteiger partial charge is 0.346 e. The first-order valence-electron chi connectivity index (χ1n) is 9.17. The second-order valence-electron chi connectivity index (χ2n) is 6.90. The van der Waals surface area contributed by atoms with Gasteiger partial charge in [-0.05, 0) is 43.5 Å². The van der Waals surface area contributed by atoms with Gasteiger partial charge in [0.05, 0.1) is 12.7 Å². The lowest BCUT2D eigenvalue weighted by molar-refractivity contribution is 0.0795. The molecule has 0 spiro atoms. The lowest BCUT2D eigenvalue weighted by atomic mass is 10.2. The Morgan fingerprint density at radius 1 is 1.23 bits per heavy atom. The number of likely N-dealkylation sites (N-methyl/N-ethyl adjacent to an activating group) is 1. The van der Waals surface area contributed by atoms with E-state index in [0.29, 0.717) is 6.54 Å². The normalized spacial score (nSPS) is 15.0. The van der Waals surface area contributed by atoms with Gasteiger partial charge in [0, 0.05) is 31.9 Å². The van der Waals surface area contributed by atoms with E-state index in [0.717, 1.165) is 36.1 Å². The van der Waals surface area contributed by atoms with Gasteiger partial charge < -0.3 is 9.47 Å². The van der Waals surface area contributed by atoms with Crippen LogP contribution in [0.3, 0.4) is 0 Å². The van der Waals surface area contributed by atoms with E-state index in [1.807, 2.05) is 19.2 Å². The highest BCUT2D eigenvalue weighted by atomic mass is 32.1. The number of benzene rings is 1. The zero-order valence-corrected chi connectivity index (χ0v) is 15.9. The van der Waals surface area contributed by atoms with Crippen molar-refractivity contribution in [2.75, 3.05) is 26.7 Å². The molecule has 1 amide bonds. The van der Waals surface area contributed by atoms with Gasteiger partial charge in [-0.25, -0.2) is 4.98 Å². The maximum Gasteiger partial charge on any atom is 0.265 e. The molecule has 6 heteroatoms. The maximum absolute atomic E-state index is 12.7. The molecule has 0 N–H and O–H groups in total. The molecule has 0 unspecified atom stereocenters. The Bertz CT molecular complexity index is 894. The first-order valence-corrected chi connectivity index (χ1v) is 9.99. The van der Waals surface area contributed by atoms with Crippen molar-refractivity contribution in [1.29, 1.82) is 0 Å². The summed E-state index contributed by atoms with van der Waals surface area (Å²) in [5.74, 6) is 0.0617. The van der Waals surface area contributed by atoms with Crippen molar-refractivity contribution < 1.29 is 4.79 Å². The summed E-state index contributed by atoms with van der Waals surface area (Å²) in [4.78, 5) is 22.1. The van der Waals surface area contributed by atoms with Crippen LogP contribution in [0.1, 0.15) is 27.5 Å². The summed E-state index contributed by atoms with van der Waals surface area (Å²) in [5, 5.41) is 2.27. The number of carbonyl (C=O) groups excluding carboxylic acids is 1. The molecule has 1 aliphatic heterocycles. The molecular weight excluding hydrogens is 344 g/mol. The molecule has 0 bridgehead atoms. The summed E-state index contributed by atoms with van der Waals surface area (Å²) < 4.78 is 2.20. The van der Waals surface area contributed by atoms with Crippen molar-refractivity contribution in [3.8, 4) is 0 Å². The molecule has 136 valence electrons. The van der Waals surface area contributed by atoms with Gasteiger partial charge in [0.2, 0.25) is 0 Å². The second-order valence-corrected chi connectivity index (χ2v) is 8.01. The fourth-order valence-electron chi connectivity index (χ4n) is 3.50. The molecule has 1 saturated heterocycles. The third-order valence-electron chi connectivity index (χ3n) is 5.03. The summed E-state index contributed by atoms with van der Waals surface area (Å²) in [6.07, 6.45) is 6.37. The average molecular weight is 369 g/mol. The van der Waals surface area contributed by atoms with Crippen LogP contribution in [0, 0.1) is 0 Å². The number of aromatic nitrogens is 2. The van der Waals surface area contributed by atoms with E-state index in [4.69, 9.17) is 0 Å². The van der Waals surface area contributed by atoms with Gasteiger partial charge in [0.25, 0.3) is 5.91 Å². The van der Waals surface area contributed by atoms with Gasteiger partial charge in [-0.1, -0.05) is 18.2 Å². The molecule has 0 atom stereocenters. The molecule has 0 radical (unpaired) electrons. The topological polar surface area (TPSA) is 41.4 Å². The molecule has 0 saturated carbocycles. The van der Waals surface area contributed by atoms with E-state index in [-0.39, 0.29) is 5.91 Å². The first-order chi connectivity index (χ1) is 12.7. The van der Waals surface area contributed by atoms with Gasteiger partial charge in [-0.15, -0.1) is 11.3 Å². The summed E-state index contributed by atoms with van der Waals surface area (Å²) in [7, 11) is 1.87. The van der Waals surface area contributed by atoms with Gasteiger partial charge in [0.1, 0.15) is 9.88 Å². The molecule has 26 heavy (non-hydrogen) atoms. The molecular formula is C20H24N4OS. The van der Waals surface area contributed by atoms with E-state index >= 15 is 0 Å². The van der Waals surface area contributed by atoms with Crippen LogP contribution >= 0.6 is 11.3 Å². The first kappa shape index (κ1) is 17.2. The molecule has 1 aliphatic rings. The van der Waals surface area contributed by atoms with Crippen molar-refractivity contribution in [3.63, 3.8) is 0 Å². The lowest BCUT2D eigenvalue weighted by Gasteiger charge is -2.17. The highest BCUT2D eigenvalue weighted by Crippen LogP contribution is 2.19. The Kier molecular flexibility index (Phi) is 5.04. The average Bonchev–Trinajstić information content (AvgIpc) is 3.40. The quantitative estimate of drug-likeness (QED) is 0.669. The molecule has 3 aromatic rings. The fraction of sp³-hybridized carbons (Fsp3) is 0.400. The number of rotatable bonds is 6. The van der Waals surface area contributed by atoms with Crippen LogP contribution in [0.15, 0.2) is 42.7 Å². The number of amides is 1. The Morgan fingerprint density at radius 3 is 2.88 bits per heavy atom. The second kappa shape index (κ2) is 7.60. The SMILES string of the molecule is CN(CCn1ccc2ccccc21)C(=O)c1cnc(CN2CCCC2)s1.